The summed E-state index contributed by atoms with van der Waals surface area (Å²) < 4.78 is 4.55. The van der Waals surface area contributed by atoms with Crippen molar-refractivity contribution in [1.82, 2.24) is 0 Å². The third-order valence-electron chi connectivity index (χ3n) is 3.23. The number of esters is 1. The van der Waals surface area contributed by atoms with Crippen LogP contribution in [0.5, 0.6) is 0 Å². The molecular weight excluding hydrogens is 240 g/mol. The standard InChI is InChI=1S/C16H16O3/c1-11-7-8-14(13-6-4-3-5-12(11)13)15(17)9-10-16(18)19-2/h3-8H,9-10H2,1-2H3. The predicted molar refractivity (Wildman–Crippen MR) is 74.3 cm³/mol. The molecule has 3 nitrogen and oxygen atoms in total. The Kier molecular flexibility index (Phi) is 3.95. The summed E-state index contributed by atoms with van der Waals surface area (Å²) >= 11 is 0. The highest BCUT2D eigenvalue weighted by Crippen LogP contribution is 2.23. The zero-order valence-corrected chi connectivity index (χ0v) is 11.1. The lowest BCUT2D eigenvalue weighted by Gasteiger charge is -2.08. The molecule has 2 aromatic rings. The zero-order chi connectivity index (χ0) is 13.8. The highest BCUT2D eigenvalue weighted by molar-refractivity contribution is 6.09. The van der Waals surface area contributed by atoms with Crippen LogP contribution in [0.3, 0.4) is 0 Å². The molecule has 98 valence electrons. The smallest absolute Gasteiger partial charge is 0.305 e. The third kappa shape index (κ3) is 2.81. The minimum atomic E-state index is -0.357. The summed E-state index contributed by atoms with van der Waals surface area (Å²) in [5.74, 6) is -0.383. The van der Waals surface area contributed by atoms with Gasteiger partial charge in [0, 0.05) is 12.0 Å². The second kappa shape index (κ2) is 5.65. The summed E-state index contributed by atoms with van der Waals surface area (Å²) in [6.45, 7) is 2.02. The molecule has 0 N–H and O–H groups in total. The highest BCUT2D eigenvalue weighted by Gasteiger charge is 2.13. The van der Waals surface area contributed by atoms with Crippen molar-refractivity contribution >= 4 is 22.5 Å². The van der Waals surface area contributed by atoms with Crippen LogP contribution in [0.4, 0.5) is 0 Å². The Morgan fingerprint density at radius 3 is 2.37 bits per heavy atom. The zero-order valence-electron chi connectivity index (χ0n) is 11.1. The SMILES string of the molecule is COC(=O)CCC(=O)c1ccc(C)c2ccccc12. The molecule has 2 rings (SSSR count). The lowest BCUT2D eigenvalue weighted by Crippen LogP contribution is -2.06. The highest BCUT2D eigenvalue weighted by atomic mass is 16.5. The first-order valence-corrected chi connectivity index (χ1v) is 6.22. The van der Waals surface area contributed by atoms with Crippen LogP contribution in [0.15, 0.2) is 36.4 Å². The maximum absolute atomic E-state index is 12.2. The number of carbonyl (C=O) groups excluding carboxylic acids is 2. The Balaban J connectivity index is 2.32. The van der Waals surface area contributed by atoms with Crippen molar-refractivity contribution in [1.29, 1.82) is 0 Å². The average Bonchev–Trinajstić information content (AvgIpc) is 2.45. The number of benzene rings is 2. The molecule has 19 heavy (non-hydrogen) atoms. The Morgan fingerprint density at radius 2 is 1.68 bits per heavy atom. The number of methoxy groups -OCH3 is 1. The molecule has 0 fully saturated rings. The molecule has 0 heterocycles. The lowest BCUT2D eigenvalue weighted by molar-refractivity contribution is -0.140. The molecule has 0 radical (unpaired) electrons. The van der Waals surface area contributed by atoms with Gasteiger partial charge in [0.25, 0.3) is 0 Å². The monoisotopic (exact) mass is 256 g/mol. The van der Waals surface area contributed by atoms with Gasteiger partial charge in [0.2, 0.25) is 0 Å². The molecule has 3 heteroatoms. The minimum Gasteiger partial charge on any atom is -0.469 e. The lowest BCUT2D eigenvalue weighted by atomic mass is 9.96. The number of Topliss-reactive ketones (excluding diaryl/α,β-unsaturated/α-hetero) is 1. The largest absolute Gasteiger partial charge is 0.469 e. The van der Waals surface area contributed by atoms with E-state index < -0.39 is 0 Å². The van der Waals surface area contributed by atoms with E-state index in [0.717, 1.165) is 16.3 Å². The fourth-order valence-corrected chi connectivity index (χ4v) is 2.15. The first-order chi connectivity index (χ1) is 9.13. The Morgan fingerprint density at radius 1 is 1.00 bits per heavy atom. The van der Waals surface area contributed by atoms with E-state index in [1.807, 2.05) is 43.3 Å². The molecule has 0 aliphatic heterocycles. The fourth-order valence-electron chi connectivity index (χ4n) is 2.15. The van der Waals surface area contributed by atoms with Gasteiger partial charge < -0.3 is 4.74 Å². The molecule has 0 spiro atoms. The number of aryl methyl sites for hydroxylation is 1. The molecule has 0 aliphatic carbocycles. The van der Waals surface area contributed by atoms with Crippen molar-refractivity contribution in [2.75, 3.05) is 7.11 Å². The van der Waals surface area contributed by atoms with Gasteiger partial charge in [-0.3, -0.25) is 9.59 Å². The van der Waals surface area contributed by atoms with Gasteiger partial charge in [0.05, 0.1) is 13.5 Å². The van der Waals surface area contributed by atoms with E-state index >= 15 is 0 Å². The van der Waals surface area contributed by atoms with Gasteiger partial charge in [0.1, 0.15) is 0 Å². The molecule has 0 aliphatic rings. The molecule has 0 aromatic heterocycles. The topological polar surface area (TPSA) is 43.4 Å². The van der Waals surface area contributed by atoms with E-state index in [-0.39, 0.29) is 24.6 Å². The molecule has 2 aromatic carbocycles. The quantitative estimate of drug-likeness (QED) is 0.622. The maximum atomic E-state index is 12.2. The first-order valence-electron chi connectivity index (χ1n) is 6.22. The second-order valence-corrected chi connectivity index (χ2v) is 4.47. The molecule has 0 bridgehead atoms. The number of rotatable bonds is 4. The van der Waals surface area contributed by atoms with Crippen LogP contribution >= 0.6 is 0 Å². The molecule has 0 unspecified atom stereocenters. The van der Waals surface area contributed by atoms with Crippen molar-refractivity contribution in [2.45, 2.75) is 19.8 Å². The van der Waals surface area contributed by atoms with E-state index in [1.165, 1.54) is 7.11 Å². The van der Waals surface area contributed by atoms with Crippen LogP contribution < -0.4 is 0 Å². The fraction of sp³-hybridized carbons (Fsp3) is 0.250. The average molecular weight is 256 g/mol. The third-order valence-corrected chi connectivity index (χ3v) is 3.23. The van der Waals surface area contributed by atoms with Gasteiger partial charge >= 0.3 is 5.97 Å². The minimum absolute atomic E-state index is 0.0263. The van der Waals surface area contributed by atoms with E-state index in [1.54, 1.807) is 0 Å². The number of carbonyl (C=O) groups is 2. The number of fused-ring (bicyclic) bond motifs is 1. The van der Waals surface area contributed by atoms with Gasteiger partial charge in [0.15, 0.2) is 5.78 Å². The van der Waals surface area contributed by atoms with Crippen molar-refractivity contribution in [2.24, 2.45) is 0 Å². The maximum Gasteiger partial charge on any atom is 0.305 e. The Labute approximate surface area is 112 Å². The molecule has 0 saturated heterocycles. The number of ether oxygens (including phenoxy) is 1. The Bertz CT molecular complexity index is 629. The predicted octanol–water partition coefficient (Wildman–Crippen LogP) is 3.28. The van der Waals surface area contributed by atoms with Crippen LogP contribution in [0, 0.1) is 6.92 Å². The second-order valence-electron chi connectivity index (χ2n) is 4.47. The summed E-state index contributed by atoms with van der Waals surface area (Å²) in [5.41, 5.74) is 1.81. The van der Waals surface area contributed by atoms with E-state index in [2.05, 4.69) is 4.74 Å². The van der Waals surface area contributed by atoms with Gasteiger partial charge in [-0.05, 0) is 23.3 Å². The van der Waals surface area contributed by atoms with Gasteiger partial charge in [-0.15, -0.1) is 0 Å². The normalized spacial score (nSPS) is 10.4. The van der Waals surface area contributed by atoms with Crippen LogP contribution in [0.25, 0.3) is 10.8 Å². The van der Waals surface area contributed by atoms with E-state index in [9.17, 15) is 9.59 Å². The van der Waals surface area contributed by atoms with Crippen LogP contribution in [0.1, 0.15) is 28.8 Å². The van der Waals surface area contributed by atoms with Crippen molar-refractivity contribution in [3.63, 3.8) is 0 Å². The number of hydrogen-bond donors (Lipinski definition) is 0. The Hall–Kier alpha value is -2.16. The number of hydrogen-bond acceptors (Lipinski definition) is 3. The van der Waals surface area contributed by atoms with Crippen molar-refractivity contribution in [3.8, 4) is 0 Å². The van der Waals surface area contributed by atoms with Gasteiger partial charge in [-0.25, -0.2) is 0 Å². The van der Waals surface area contributed by atoms with Crippen LogP contribution in [-0.4, -0.2) is 18.9 Å². The molecule has 0 amide bonds. The summed E-state index contributed by atoms with van der Waals surface area (Å²) in [5, 5.41) is 2.02. The molecule has 0 atom stereocenters. The van der Waals surface area contributed by atoms with Crippen LogP contribution in [-0.2, 0) is 9.53 Å². The summed E-state index contributed by atoms with van der Waals surface area (Å²) in [7, 11) is 1.33. The van der Waals surface area contributed by atoms with E-state index in [4.69, 9.17) is 0 Å². The summed E-state index contributed by atoms with van der Waals surface area (Å²) in [6, 6.07) is 11.6. The van der Waals surface area contributed by atoms with Crippen molar-refractivity contribution in [3.05, 3.63) is 47.5 Å². The summed E-state index contributed by atoms with van der Waals surface area (Å²) in [6.07, 6.45) is 0.303. The summed E-state index contributed by atoms with van der Waals surface area (Å²) in [4.78, 5) is 23.3. The van der Waals surface area contributed by atoms with E-state index in [0.29, 0.717) is 5.56 Å². The first kappa shape index (κ1) is 13.3. The molecule has 0 saturated carbocycles. The van der Waals surface area contributed by atoms with Crippen molar-refractivity contribution < 1.29 is 14.3 Å². The number of ketones is 1. The van der Waals surface area contributed by atoms with Gasteiger partial charge in [-0.1, -0.05) is 36.4 Å². The molecular formula is C16H16O3. The van der Waals surface area contributed by atoms with Crippen LogP contribution in [0.2, 0.25) is 0 Å². The van der Waals surface area contributed by atoms with Gasteiger partial charge in [-0.2, -0.15) is 0 Å².